The third kappa shape index (κ3) is 2.86. The number of benzene rings is 2. The molecule has 5 rings (SSSR count). The molecule has 1 aliphatic heterocycles. The van der Waals surface area contributed by atoms with E-state index in [1.807, 2.05) is 36.4 Å². The number of nitrogens with zero attached hydrogens (tertiary/aromatic N) is 1. The number of rotatable bonds is 2. The van der Waals surface area contributed by atoms with E-state index in [0.717, 1.165) is 16.7 Å². The summed E-state index contributed by atoms with van der Waals surface area (Å²) < 4.78 is 0. The SMILES string of the molecule is O=C1CC(c2ccc(Cl)cc2)C2(C(=O)Nc3ncccc32)C(c2ccc(Cl)cc2)C1. The Morgan fingerprint density at radius 3 is 1.90 bits per heavy atom. The van der Waals surface area contributed by atoms with Crippen LogP contribution in [-0.2, 0) is 15.0 Å². The van der Waals surface area contributed by atoms with Gasteiger partial charge in [-0.05, 0) is 41.5 Å². The van der Waals surface area contributed by atoms with Crippen molar-refractivity contribution in [3.05, 3.63) is 93.6 Å². The molecule has 0 saturated heterocycles. The Balaban J connectivity index is 1.78. The van der Waals surface area contributed by atoms with Gasteiger partial charge in [-0.3, -0.25) is 9.59 Å². The summed E-state index contributed by atoms with van der Waals surface area (Å²) in [5, 5.41) is 4.21. The quantitative estimate of drug-likeness (QED) is 0.575. The zero-order valence-electron chi connectivity index (χ0n) is 15.9. The van der Waals surface area contributed by atoms with Crippen LogP contribution in [0.3, 0.4) is 0 Å². The highest BCUT2D eigenvalue weighted by molar-refractivity contribution is 6.30. The lowest BCUT2D eigenvalue weighted by Crippen LogP contribution is -2.50. The lowest BCUT2D eigenvalue weighted by atomic mass is 9.54. The Hall–Kier alpha value is -2.69. The van der Waals surface area contributed by atoms with E-state index >= 15 is 0 Å². The number of carbonyl (C=O) groups excluding carboxylic acids is 2. The monoisotopic (exact) mass is 436 g/mol. The van der Waals surface area contributed by atoms with Gasteiger partial charge in [0, 0.05) is 46.5 Å². The predicted octanol–water partition coefficient (Wildman–Crippen LogP) is 5.51. The molecule has 2 atom stereocenters. The van der Waals surface area contributed by atoms with E-state index in [2.05, 4.69) is 10.3 Å². The van der Waals surface area contributed by atoms with Crippen molar-refractivity contribution in [2.24, 2.45) is 0 Å². The summed E-state index contributed by atoms with van der Waals surface area (Å²) in [6.07, 6.45) is 2.24. The van der Waals surface area contributed by atoms with Crippen LogP contribution in [0.5, 0.6) is 0 Å². The summed E-state index contributed by atoms with van der Waals surface area (Å²) >= 11 is 12.2. The lowest BCUT2D eigenvalue weighted by molar-refractivity contribution is -0.128. The van der Waals surface area contributed by atoms with Crippen LogP contribution in [0.1, 0.15) is 41.4 Å². The van der Waals surface area contributed by atoms with E-state index in [4.69, 9.17) is 23.2 Å². The molecule has 6 heteroatoms. The fourth-order valence-electron chi connectivity index (χ4n) is 5.12. The Morgan fingerprint density at radius 2 is 1.37 bits per heavy atom. The molecule has 0 bridgehead atoms. The van der Waals surface area contributed by atoms with Crippen molar-refractivity contribution in [1.82, 2.24) is 4.98 Å². The van der Waals surface area contributed by atoms with Crippen LogP contribution in [0.15, 0.2) is 66.9 Å². The lowest BCUT2D eigenvalue weighted by Gasteiger charge is -2.45. The summed E-state index contributed by atoms with van der Waals surface area (Å²) in [7, 11) is 0. The van der Waals surface area contributed by atoms with Crippen molar-refractivity contribution in [1.29, 1.82) is 0 Å². The average molecular weight is 437 g/mol. The molecule has 3 aromatic rings. The van der Waals surface area contributed by atoms with Crippen LogP contribution in [0, 0.1) is 0 Å². The zero-order chi connectivity index (χ0) is 20.9. The summed E-state index contributed by atoms with van der Waals surface area (Å²) in [5.74, 6) is -0.0895. The summed E-state index contributed by atoms with van der Waals surface area (Å²) in [6, 6.07) is 18.6. The number of fused-ring (bicyclic) bond motifs is 2. The minimum absolute atomic E-state index is 0.122. The first-order chi connectivity index (χ1) is 14.5. The van der Waals surface area contributed by atoms with Crippen molar-refractivity contribution in [3.63, 3.8) is 0 Å². The first kappa shape index (κ1) is 19.3. The van der Waals surface area contributed by atoms with E-state index in [-0.39, 0.29) is 36.4 Å². The van der Waals surface area contributed by atoms with Gasteiger partial charge in [0.05, 0.1) is 5.41 Å². The van der Waals surface area contributed by atoms with Gasteiger partial charge in [0.15, 0.2) is 0 Å². The Morgan fingerprint density at radius 1 is 0.833 bits per heavy atom. The van der Waals surface area contributed by atoms with Crippen molar-refractivity contribution >= 4 is 40.7 Å². The maximum atomic E-state index is 13.7. The standard InChI is InChI=1S/C24H18Cl2N2O2/c25-16-7-3-14(4-8-16)20-12-18(29)13-21(15-5-9-17(26)10-6-15)24(20)19-2-1-11-27-22(19)28-23(24)30/h1-11,20-21H,12-13H2,(H,27,28,30). The molecule has 150 valence electrons. The van der Waals surface area contributed by atoms with Gasteiger partial charge >= 0.3 is 0 Å². The highest BCUT2D eigenvalue weighted by Crippen LogP contribution is 2.59. The maximum Gasteiger partial charge on any atom is 0.237 e. The molecule has 1 aromatic heterocycles. The van der Waals surface area contributed by atoms with Crippen molar-refractivity contribution in [2.45, 2.75) is 30.1 Å². The van der Waals surface area contributed by atoms with Gasteiger partial charge < -0.3 is 5.32 Å². The van der Waals surface area contributed by atoms with E-state index in [1.54, 1.807) is 30.5 Å². The molecule has 2 aliphatic rings. The topological polar surface area (TPSA) is 59.1 Å². The van der Waals surface area contributed by atoms with Crippen LogP contribution in [0.25, 0.3) is 0 Å². The largest absolute Gasteiger partial charge is 0.310 e. The number of hydrogen-bond donors (Lipinski definition) is 1. The normalized spacial score (nSPS) is 25.3. The molecule has 2 aromatic carbocycles. The smallest absolute Gasteiger partial charge is 0.237 e. The van der Waals surface area contributed by atoms with Gasteiger partial charge in [-0.25, -0.2) is 4.98 Å². The maximum absolute atomic E-state index is 13.7. The zero-order valence-corrected chi connectivity index (χ0v) is 17.5. The minimum Gasteiger partial charge on any atom is -0.310 e. The molecule has 1 fully saturated rings. The number of halogens is 2. The van der Waals surface area contributed by atoms with E-state index in [0.29, 0.717) is 15.9 Å². The van der Waals surface area contributed by atoms with Gasteiger partial charge in [0.1, 0.15) is 11.6 Å². The summed E-state index contributed by atoms with van der Waals surface area (Å²) in [6.45, 7) is 0. The predicted molar refractivity (Wildman–Crippen MR) is 117 cm³/mol. The van der Waals surface area contributed by atoms with Crippen LogP contribution in [0.2, 0.25) is 10.0 Å². The molecule has 1 aliphatic carbocycles. The van der Waals surface area contributed by atoms with Crippen LogP contribution in [-0.4, -0.2) is 16.7 Å². The van der Waals surface area contributed by atoms with Crippen molar-refractivity contribution in [2.75, 3.05) is 5.32 Å². The second-order valence-electron chi connectivity index (χ2n) is 7.88. The number of carbonyl (C=O) groups is 2. The first-order valence-corrected chi connectivity index (χ1v) is 10.6. The highest BCUT2D eigenvalue weighted by Gasteiger charge is 2.61. The summed E-state index contributed by atoms with van der Waals surface area (Å²) in [4.78, 5) is 31.0. The van der Waals surface area contributed by atoms with Crippen LogP contribution < -0.4 is 5.32 Å². The third-order valence-electron chi connectivity index (χ3n) is 6.37. The van der Waals surface area contributed by atoms with E-state index in [1.165, 1.54) is 0 Å². The number of hydrogen-bond acceptors (Lipinski definition) is 3. The molecule has 0 radical (unpaired) electrons. The highest BCUT2D eigenvalue weighted by atomic mass is 35.5. The van der Waals surface area contributed by atoms with E-state index < -0.39 is 5.41 Å². The number of Topliss-reactive ketones (excluding diaryl/α,β-unsaturated/α-hetero) is 1. The second-order valence-corrected chi connectivity index (χ2v) is 8.75. The molecular formula is C24H18Cl2N2O2. The van der Waals surface area contributed by atoms with Gasteiger partial charge in [0.2, 0.25) is 5.91 Å². The first-order valence-electron chi connectivity index (χ1n) is 9.79. The number of aromatic nitrogens is 1. The van der Waals surface area contributed by atoms with Gasteiger partial charge in [-0.15, -0.1) is 0 Å². The van der Waals surface area contributed by atoms with Gasteiger partial charge in [-0.1, -0.05) is 53.5 Å². The molecule has 1 N–H and O–H groups in total. The molecule has 1 amide bonds. The molecule has 2 heterocycles. The number of ketones is 1. The van der Waals surface area contributed by atoms with Crippen molar-refractivity contribution in [3.8, 4) is 0 Å². The van der Waals surface area contributed by atoms with Gasteiger partial charge in [-0.2, -0.15) is 0 Å². The third-order valence-corrected chi connectivity index (χ3v) is 6.87. The molecule has 30 heavy (non-hydrogen) atoms. The number of anilines is 1. The number of pyridine rings is 1. The Bertz CT molecular complexity index is 1090. The fraction of sp³-hybridized carbons (Fsp3) is 0.208. The summed E-state index contributed by atoms with van der Waals surface area (Å²) in [5.41, 5.74) is 1.72. The van der Waals surface area contributed by atoms with E-state index in [9.17, 15) is 9.59 Å². The average Bonchev–Trinajstić information content (AvgIpc) is 3.03. The number of amides is 1. The number of nitrogens with one attached hydrogen (secondary N) is 1. The Labute approximate surface area is 184 Å². The molecule has 1 spiro atoms. The Kier molecular flexibility index (Phi) is 4.64. The van der Waals surface area contributed by atoms with Gasteiger partial charge in [0.25, 0.3) is 0 Å². The molecule has 2 unspecified atom stereocenters. The minimum atomic E-state index is -0.945. The van der Waals surface area contributed by atoms with Crippen molar-refractivity contribution < 1.29 is 9.59 Å². The molecular weight excluding hydrogens is 419 g/mol. The molecule has 1 saturated carbocycles. The second kappa shape index (κ2) is 7.22. The van der Waals surface area contributed by atoms with Crippen LogP contribution >= 0.6 is 23.2 Å². The molecule has 4 nitrogen and oxygen atoms in total. The fourth-order valence-corrected chi connectivity index (χ4v) is 5.37. The van der Waals surface area contributed by atoms with Crippen LogP contribution in [0.4, 0.5) is 5.82 Å².